The molecule has 0 aromatic rings. The molecule has 27 heavy (non-hydrogen) atoms. The maximum absolute atomic E-state index is 13.2. The zero-order valence-corrected chi connectivity index (χ0v) is 17.3. The summed E-state index contributed by atoms with van der Waals surface area (Å²) in [4.78, 5) is 25.3. The van der Waals surface area contributed by atoms with Gasteiger partial charge in [-0.1, -0.05) is 45.6 Å². The Balaban J connectivity index is 2.19. The van der Waals surface area contributed by atoms with Crippen LogP contribution in [0.2, 0.25) is 0 Å². The normalized spacial score (nSPS) is 46.3. The average Bonchev–Trinajstić information content (AvgIpc) is 2.89. The van der Waals surface area contributed by atoms with Gasteiger partial charge in [-0.2, -0.15) is 0 Å². The molecule has 3 saturated carbocycles. The zero-order valence-electron chi connectivity index (χ0n) is 16.5. The fourth-order valence-corrected chi connectivity index (χ4v) is 6.63. The molecule has 2 bridgehead atoms. The molecule has 4 nitrogen and oxygen atoms in total. The van der Waals surface area contributed by atoms with Gasteiger partial charge in [0.1, 0.15) is 18.1 Å². The number of carbonyl (C=O) groups excluding carboxylic acids is 2. The lowest BCUT2D eigenvalue weighted by Crippen LogP contribution is -2.55. The van der Waals surface area contributed by atoms with E-state index in [1.165, 1.54) is 0 Å². The summed E-state index contributed by atoms with van der Waals surface area (Å²) in [7, 11) is 0. The van der Waals surface area contributed by atoms with Crippen molar-refractivity contribution >= 4 is 23.4 Å². The van der Waals surface area contributed by atoms with Gasteiger partial charge in [-0.25, -0.2) is 0 Å². The SMILES string of the molecule is C=CC(=C)[C@@H]1C[C@@H](OC(=O)CCl)[C@]2(C)C(C)CC[C@]3(CC(O)C(=O)[C@H]32)[C@H]1C. The predicted molar refractivity (Wildman–Crippen MR) is 105 cm³/mol. The van der Waals surface area contributed by atoms with Crippen LogP contribution >= 0.6 is 11.6 Å². The third kappa shape index (κ3) is 2.82. The molecule has 0 aliphatic heterocycles. The number of esters is 1. The molecular weight excluding hydrogens is 364 g/mol. The molecule has 1 N–H and O–H groups in total. The maximum atomic E-state index is 13.2. The molecule has 3 rings (SSSR count). The van der Waals surface area contributed by atoms with E-state index >= 15 is 0 Å². The first-order valence-electron chi connectivity index (χ1n) is 9.92. The smallest absolute Gasteiger partial charge is 0.321 e. The molecule has 0 amide bonds. The minimum Gasteiger partial charge on any atom is -0.461 e. The van der Waals surface area contributed by atoms with Crippen LogP contribution < -0.4 is 0 Å². The highest BCUT2D eigenvalue weighted by Crippen LogP contribution is 2.68. The van der Waals surface area contributed by atoms with E-state index in [4.69, 9.17) is 16.3 Å². The Labute approximate surface area is 167 Å². The molecule has 0 aromatic carbocycles. The predicted octanol–water partition coefficient (Wildman–Crippen LogP) is 3.91. The van der Waals surface area contributed by atoms with Crippen molar-refractivity contribution in [2.24, 2.45) is 34.5 Å². The van der Waals surface area contributed by atoms with Crippen LogP contribution in [0.1, 0.15) is 46.5 Å². The molecule has 0 radical (unpaired) electrons. The quantitative estimate of drug-likeness (QED) is 0.446. The first-order chi connectivity index (χ1) is 12.6. The summed E-state index contributed by atoms with van der Waals surface area (Å²) in [6.07, 6.45) is 3.32. The van der Waals surface area contributed by atoms with E-state index in [0.717, 1.165) is 18.4 Å². The second-order valence-corrected chi connectivity index (χ2v) is 9.38. The molecular formula is C22H31ClO4. The minimum atomic E-state index is -0.942. The van der Waals surface area contributed by atoms with E-state index in [2.05, 4.69) is 33.9 Å². The van der Waals surface area contributed by atoms with E-state index in [1.807, 2.05) is 0 Å². The lowest BCUT2D eigenvalue weighted by molar-refractivity contribution is -0.172. The molecule has 5 heteroatoms. The number of hydrogen-bond acceptors (Lipinski definition) is 4. The highest BCUT2D eigenvalue weighted by atomic mass is 35.5. The Bertz CT molecular complexity index is 673. The summed E-state index contributed by atoms with van der Waals surface area (Å²) in [5.74, 6) is -0.711. The number of allylic oxidation sites excluding steroid dienone is 2. The summed E-state index contributed by atoms with van der Waals surface area (Å²) < 4.78 is 5.86. The number of Topliss-reactive ketones (excluding diaryl/α,β-unsaturated/α-hetero) is 1. The highest BCUT2D eigenvalue weighted by molar-refractivity contribution is 6.26. The molecule has 3 aliphatic carbocycles. The second kappa shape index (κ2) is 7.04. The Morgan fingerprint density at radius 1 is 1.44 bits per heavy atom. The van der Waals surface area contributed by atoms with Crippen molar-refractivity contribution < 1.29 is 19.4 Å². The fourth-order valence-electron chi connectivity index (χ4n) is 6.57. The largest absolute Gasteiger partial charge is 0.461 e. The van der Waals surface area contributed by atoms with Crippen LogP contribution in [0.25, 0.3) is 0 Å². The van der Waals surface area contributed by atoms with Crippen LogP contribution in [-0.4, -0.2) is 34.9 Å². The molecule has 0 heterocycles. The topological polar surface area (TPSA) is 63.6 Å². The molecule has 0 saturated heterocycles. The van der Waals surface area contributed by atoms with Crippen LogP contribution in [0.5, 0.6) is 0 Å². The molecule has 8 atom stereocenters. The number of ketones is 1. The van der Waals surface area contributed by atoms with E-state index < -0.39 is 23.6 Å². The Hall–Kier alpha value is -1.13. The van der Waals surface area contributed by atoms with Gasteiger partial charge < -0.3 is 9.84 Å². The van der Waals surface area contributed by atoms with Crippen molar-refractivity contribution in [3.63, 3.8) is 0 Å². The monoisotopic (exact) mass is 394 g/mol. The summed E-state index contributed by atoms with van der Waals surface area (Å²) in [5.41, 5.74) is 0.0790. The number of aliphatic hydroxyl groups is 1. The van der Waals surface area contributed by atoms with Crippen molar-refractivity contribution in [2.75, 3.05) is 5.88 Å². The van der Waals surface area contributed by atoms with E-state index in [1.54, 1.807) is 6.08 Å². The molecule has 0 aromatic heterocycles. The summed E-state index contributed by atoms with van der Waals surface area (Å²) in [5, 5.41) is 10.6. The lowest BCUT2D eigenvalue weighted by Gasteiger charge is -2.55. The van der Waals surface area contributed by atoms with Gasteiger partial charge in [-0.05, 0) is 48.9 Å². The molecule has 0 spiro atoms. The Kier molecular flexibility index (Phi) is 5.37. The van der Waals surface area contributed by atoms with Gasteiger partial charge in [0.05, 0.1) is 0 Å². The number of hydrogen-bond donors (Lipinski definition) is 1. The zero-order chi connectivity index (χ0) is 20.1. The van der Waals surface area contributed by atoms with Gasteiger partial charge in [0, 0.05) is 11.3 Å². The van der Waals surface area contributed by atoms with Gasteiger partial charge in [0.25, 0.3) is 0 Å². The minimum absolute atomic E-state index is 0.0448. The number of rotatable bonds is 4. The number of ether oxygens (including phenoxy) is 1. The van der Waals surface area contributed by atoms with Crippen LogP contribution in [-0.2, 0) is 14.3 Å². The molecule has 3 fully saturated rings. The van der Waals surface area contributed by atoms with E-state index in [-0.39, 0.29) is 40.7 Å². The Morgan fingerprint density at radius 3 is 2.70 bits per heavy atom. The van der Waals surface area contributed by atoms with Crippen molar-refractivity contribution in [3.05, 3.63) is 24.8 Å². The van der Waals surface area contributed by atoms with Crippen LogP contribution in [0.15, 0.2) is 24.8 Å². The maximum Gasteiger partial charge on any atom is 0.321 e. The third-order valence-electron chi connectivity index (χ3n) is 8.28. The van der Waals surface area contributed by atoms with Gasteiger partial charge in [-0.3, -0.25) is 9.59 Å². The van der Waals surface area contributed by atoms with E-state index in [9.17, 15) is 14.7 Å². The van der Waals surface area contributed by atoms with E-state index in [0.29, 0.717) is 12.8 Å². The number of alkyl halides is 1. The number of carbonyl (C=O) groups is 2. The summed E-state index contributed by atoms with van der Waals surface area (Å²) in [6, 6.07) is 0. The van der Waals surface area contributed by atoms with Crippen LogP contribution in [0.4, 0.5) is 0 Å². The van der Waals surface area contributed by atoms with Gasteiger partial charge in [0.15, 0.2) is 5.78 Å². The first kappa shape index (κ1) is 20.6. The summed E-state index contributed by atoms with van der Waals surface area (Å²) >= 11 is 5.73. The molecule has 150 valence electrons. The average molecular weight is 395 g/mol. The number of halogens is 1. The van der Waals surface area contributed by atoms with Crippen molar-refractivity contribution in [2.45, 2.75) is 58.7 Å². The van der Waals surface area contributed by atoms with Crippen molar-refractivity contribution in [1.82, 2.24) is 0 Å². The molecule has 3 aliphatic rings. The van der Waals surface area contributed by atoms with Gasteiger partial charge >= 0.3 is 5.97 Å². The van der Waals surface area contributed by atoms with Crippen molar-refractivity contribution in [3.8, 4) is 0 Å². The number of aliphatic hydroxyl groups excluding tert-OH is 1. The third-order valence-corrected chi connectivity index (χ3v) is 8.50. The standard InChI is InChI=1S/C22H31ClO4/c1-6-12(2)15-9-17(27-18(25)11-23)21(5)13(3)7-8-22(14(15)4)10-16(24)19(26)20(21)22/h6,13-17,20,24H,1-2,7-11H2,3-5H3/t13?,14-,15-,16?,17+,20-,21-,22-/m0/s1. The second-order valence-electron chi connectivity index (χ2n) is 9.12. The first-order valence-corrected chi connectivity index (χ1v) is 10.4. The highest BCUT2D eigenvalue weighted by Gasteiger charge is 2.69. The Morgan fingerprint density at radius 2 is 2.11 bits per heavy atom. The summed E-state index contributed by atoms with van der Waals surface area (Å²) in [6.45, 7) is 14.5. The van der Waals surface area contributed by atoms with Crippen molar-refractivity contribution in [1.29, 1.82) is 0 Å². The molecule has 2 unspecified atom stereocenters. The lowest BCUT2D eigenvalue weighted by atomic mass is 9.49. The van der Waals surface area contributed by atoms with Gasteiger partial charge in [-0.15, -0.1) is 11.6 Å². The fraction of sp³-hybridized carbons (Fsp3) is 0.727. The van der Waals surface area contributed by atoms with Gasteiger partial charge in [0.2, 0.25) is 0 Å². The van der Waals surface area contributed by atoms with Crippen LogP contribution in [0.3, 0.4) is 0 Å². The van der Waals surface area contributed by atoms with Crippen LogP contribution in [0, 0.1) is 34.5 Å².